The quantitative estimate of drug-likeness (QED) is 0.491. The van der Waals surface area contributed by atoms with Gasteiger partial charge in [-0.1, -0.05) is 0 Å². The van der Waals surface area contributed by atoms with Crippen molar-refractivity contribution in [1.82, 2.24) is 24.4 Å². The number of amides is 1. The van der Waals surface area contributed by atoms with Crippen molar-refractivity contribution < 1.29 is 13.9 Å². The molecule has 0 unspecified atom stereocenters. The molecule has 5 heterocycles. The number of halogens is 1. The van der Waals surface area contributed by atoms with Crippen LogP contribution in [0.4, 0.5) is 10.1 Å². The molecule has 3 aliphatic rings. The van der Waals surface area contributed by atoms with Crippen molar-refractivity contribution in [3.63, 3.8) is 0 Å². The second kappa shape index (κ2) is 9.93. The van der Waals surface area contributed by atoms with Crippen LogP contribution in [0.2, 0.25) is 0 Å². The molecule has 38 heavy (non-hydrogen) atoms. The van der Waals surface area contributed by atoms with Gasteiger partial charge in [-0.05, 0) is 57.7 Å². The fraction of sp³-hybridized carbons (Fsp3) is 0.552. The van der Waals surface area contributed by atoms with Crippen LogP contribution < -0.4 is 4.90 Å². The summed E-state index contributed by atoms with van der Waals surface area (Å²) in [7, 11) is 1.71. The minimum atomic E-state index is -0.513. The summed E-state index contributed by atoms with van der Waals surface area (Å²) < 4.78 is 23.3. The van der Waals surface area contributed by atoms with Crippen LogP contribution in [0.15, 0.2) is 36.8 Å². The normalized spacial score (nSPS) is 20.4. The summed E-state index contributed by atoms with van der Waals surface area (Å²) >= 11 is 0. The molecule has 0 spiro atoms. The van der Waals surface area contributed by atoms with Crippen LogP contribution in [0.25, 0.3) is 16.8 Å². The Balaban J connectivity index is 1.23. The maximum absolute atomic E-state index is 15.6. The number of piperazine rings is 1. The molecule has 3 aromatic heterocycles. The number of likely N-dealkylation sites (tertiary alicyclic amines) is 1. The van der Waals surface area contributed by atoms with Gasteiger partial charge in [0.1, 0.15) is 11.5 Å². The van der Waals surface area contributed by atoms with Crippen LogP contribution in [0.1, 0.15) is 45.1 Å². The van der Waals surface area contributed by atoms with Gasteiger partial charge in [-0.2, -0.15) is 5.10 Å². The number of hydrogen-bond donors (Lipinski definition) is 0. The van der Waals surface area contributed by atoms with Gasteiger partial charge in [0, 0.05) is 88.1 Å². The number of methoxy groups -OCH3 is 1. The van der Waals surface area contributed by atoms with Crippen LogP contribution in [-0.2, 0) is 15.1 Å². The Morgan fingerprint density at radius 2 is 1.84 bits per heavy atom. The second-order valence-electron chi connectivity index (χ2n) is 11.2. The van der Waals surface area contributed by atoms with Gasteiger partial charge in [0.15, 0.2) is 0 Å². The van der Waals surface area contributed by atoms with Crippen molar-refractivity contribution in [3.8, 4) is 11.3 Å². The lowest BCUT2D eigenvalue weighted by molar-refractivity contribution is -0.132. The van der Waals surface area contributed by atoms with Crippen LogP contribution in [-0.4, -0.2) is 82.7 Å². The molecule has 0 atom stereocenters. The summed E-state index contributed by atoms with van der Waals surface area (Å²) in [4.78, 5) is 23.8. The zero-order valence-electron chi connectivity index (χ0n) is 22.6. The monoisotopic (exact) mass is 520 g/mol. The predicted molar refractivity (Wildman–Crippen MR) is 145 cm³/mol. The van der Waals surface area contributed by atoms with Gasteiger partial charge in [-0.15, -0.1) is 0 Å². The highest BCUT2D eigenvalue weighted by Gasteiger charge is 2.38. The van der Waals surface area contributed by atoms with E-state index in [2.05, 4.69) is 33.7 Å². The molecule has 2 aliphatic heterocycles. The average molecular weight is 521 g/mol. The number of ether oxygens (including phenoxy) is 1. The Labute approximate surface area is 223 Å². The first-order chi connectivity index (χ1) is 18.4. The summed E-state index contributed by atoms with van der Waals surface area (Å²) in [6, 6.07) is 6.04. The van der Waals surface area contributed by atoms with Crippen LogP contribution in [0.5, 0.6) is 0 Å². The topological polar surface area (TPSA) is 66.2 Å². The Hall–Kier alpha value is -3.04. The van der Waals surface area contributed by atoms with Gasteiger partial charge >= 0.3 is 0 Å². The Bertz CT molecular complexity index is 1320. The molecule has 0 N–H and O–H groups in total. The molecule has 0 radical (unpaired) electrons. The number of rotatable bonds is 6. The van der Waals surface area contributed by atoms with Gasteiger partial charge in [-0.3, -0.25) is 9.78 Å². The Morgan fingerprint density at radius 3 is 2.47 bits per heavy atom. The Morgan fingerprint density at radius 1 is 1.11 bits per heavy atom. The fourth-order valence-corrected chi connectivity index (χ4v) is 6.06. The maximum atomic E-state index is 15.6. The zero-order chi connectivity index (χ0) is 26.4. The van der Waals surface area contributed by atoms with Crippen molar-refractivity contribution in [2.24, 2.45) is 5.92 Å². The molecule has 3 fully saturated rings. The van der Waals surface area contributed by atoms with E-state index >= 15 is 4.39 Å². The van der Waals surface area contributed by atoms with Crippen LogP contribution >= 0.6 is 0 Å². The molecule has 1 amide bonds. The van der Waals surface area contributed by atoms with E-state index in [1.54, 1.807) is 30.1 Å². The molecule has 9 heteroatoms. The summed E-state index contributed by atoms with van der Waals surface area (Å²) in [5, 5.41) is 4.47. The lowest BCUT2D eigenvalue weighted by Crippen LogP contribution is -2.49. The highest BCUT2D eigenvalue weighted by atomic mass is 19.1. The van der Waals surface area contributed by atoms with Gasteiger partial charge in [0.2, 0.25) is 5.91 Å². The lowest BCUT2D eigenvalue weighted by Gasteiger charge is -2.42. The van der Waals surface area contributed by atoms with Crippen molar-refractivity contribution >= 4 is 17.1 Å². The summed E-state index contributed by atoms with van der Waals surface area (Å²) in [6.07, 6.45) is 9.07. The number of aromatic nitrogens is 3. The van der Waals surface area contributed by atoms with Crippen molar-refractivity contribution in [2.75, 3.05) is 51.3 Å². The zero-order valence-corrected chi connectivity index (χ0v) is 22.6. The first-order valence-corrected chi connectivity index (χ1v) is 13.9. The average Bonchev–Trinajstić information content (AvgIpc) is 3.70. The lowest BCUT2D eigenvalue weighted by atomic mass is 9.84. The molecule has 202 valence electrons. The largest absolute Gasteiger partial charge is 0.373 e. The standard InChI is InChI=1S/C29H37FN6O2/c1-20(2)33-10-7-29(38-3,8-11-33)23-17-24(30)27(31-18-23)22-16-26-25(6-9-32-36(26)19-22)34-12-14-35(15-13-34)28(37)21-4-5-21/h6,9,16-21H,4-5,7-8,10-15H2,1-3H3. The van der Waals surface area contributed by atoms with Gasteiger partial charge in [0.05, 0.1) is 16.8 Å². The molecule has 2 saturated heterocycles. The van der Waals surface area contributed by atoms with E-state index in [-0.39, 0.29) is 11.7 Å². The fourth-order valence-electron chi connectivity index (χ4n) is 6.06. The number of anilines is 1. The molecule has 3 aromatic rings. The number of carbonyl (C=O) groups excluding carboxylic acids is 1. The highest BCUT2D eigenvalue weighted by Crippen LogP contribution is 2.38. The third-order valence-electron chi connectivity index (χ3n) is 8.71. The van der Waals surface area contributed by atoms with Gasteiger partial charge < -0.3 is 19.4 Å². The Kier molecular flexibility index (Phi) is 6.60. The second-order valence-corrected chi connectivity index (χ2v) is 11.2. The van der Waals surface area contributed by atoms with Crippen molar-refractivity contribution in [1.29, 1.82) is 0 Å². The number of carbonyl (C=O) groups is 1. The summed E-state index contributed by atoms with van der Waals surface area (Å²) in [5.41, 5.74) is 3.24. The first kappa shape index (κ1) is 25.2. The summed E-state index contributed by atoms with van der Waals surface area (Å²) in [5.74, 6) is 0.206. The van der Waals surface area contributed by atoms with E-state index < -0.39 is 5.60 Å². The van der Waals surface area contributed by atoms with Gasteiger partial charge in [-0.25, -0.2) is 8.91 Å². The number of nitrogens with zero attached hydrogens (tertiary/aromatic N) is 6. The van der Waals surface area contributed by atoms with E-state index in [1.807, 2.05) is 23.2 Å². The maximum Gasteiger partial charge on any atom is 0.225 e. The van der Waals surface area contributed by atoms with E-state index in [9.17, 15) is 4.79 Å². The molecule has 6 rings (SSSR count). The van der Waals surface area contributed by atoms with E-state index in [4.69, 9.17) is 4.74 Å². The van der Waals surface area contributed by atoms with E-state index in [1.165, 1.54) is 0 Å². The molecule has 0 aromatic carbocycles. The minimum Gasteiger partial charge on any atom is -0.373 e. The molecule has 1 saturated carbocycles. The summed E-state index contributed by atoms with van der Waals surface area (Å²) in [6.45, 7) is 9.23. The number of piperidine rings is 1. The smallest absolute Gasteiger partial charge is 0.225 e. The minimum absolute atomic E-state index is 0.253. The van der Waals surface area contributed by atoms with Gasteiger partial charge in [0.25, 0.3) is 0 Å². The number of hydrogen-bond acceptors (Lipinski definition) is 6. The van der Waals surface area contributed by atoms with Crippen LogP contribution in [0, 0.1) is 11.7 Å². The molecular formula is C29H37FN6O2. The molecule has 1 aliphatic carbocycles. The van der Waals surface area contributed by atoms with Crippen molar-refractivity contribution in [2.45, 2.75) is 51.2 Å². The van der Waals surface area contributed by atoms with Crippen LogP contribution in [0.3, 0.4) is 0 Å². The SMILES string of the molecule is COC1(c2cnc(-c3cc4c(N5CCN(C(=O)C6CC6)CC5)ccnn4c3)c(F)c2)CCN(C(C)C)CC1. The van der Waals surface area contributed by atoms with E-state index in [0.29, 0.717) is 23.2 Å². The number of fused-ring (bicyclic) bond motifs is 1. The highest BCUT2D eigenvalue weighted by molar-refractivity contribution is 5.82. The third-order valence-corrected chi connectivity index (χ3v) is 8.71. The van der Waals surface area contributed by atoms with Crippen molar-refractivity contribution in [3.05, 3.63) is 48.2 Å². The molecule has 8 nitrogen and oxygen atoms in total. The third kappa shape index (κ3) is 4.56. The number of pyridine rings is 1. The first-order valence-electron chi connectivity index (χ1n) is 13.9. The molecule has 0 bridgehead atoms. The predicted octanol–water partition coefficient (Wildman–Crippen LogP) is 3.94. The van der Waals surface area contributed by atoms with E-state index in [0.717, 1.165) is 81.7 Å². The molecular weight excluding hydrogens is 483 g/mol.